The molecule has 1 aromatic rings. The lowest BCUT2D eigenvalue weighted by Gasteiger charge is -2.41. The molecule has 0 saturated carbocycles. The minimum absolute atomic E-state index is 0.130. The van der Waals surface area contributed by atoms with Crippen molar-refractivity contribution in [2.75, 3.05) is 18.5 Å². The fourth-order valence-corrected chi connectivity index (χ4v) is 2.37. The molecule has 0 aromatic heterocycles. The largest absolute Gasteiger partial charge is 0.352 e. The van der Waals surface area contributed by atoms with Gasteiger partial charge in [0.05, 0.1) is 5.69 Å². The van der Waals surface area contributed by atoms with Crippen LogP contribution in [0.15, 0.2) is 18.2 Å². The molecule has 0 atom stereocenters. The zero-order chi connectivity index (χ0) is 14.9. The van der Waals surface area contributed by atoms with E-state index in [4.69, 9.17) is 5.84 Å². The van der Waals surface area contributed by atoms with Crippen LogP contribution in [-0.2, 0) is 4.79 Å². The molecule has 0 bridgehead atoms. The average molecular weight is 276 g/mol. The van der Waals surface area contributed by atoms with Crippen molar-refractivity contribution in [3.05, 3.63) is 29.3 Å². The zero-order valence-corrected chi connectivity index (χ0v) is 12.0. The first kappa shape index (κ1) is 14.3. The summed E-state index contributed by atoms with van der Waals surface area (Å²) in [5.41, 5.74) is 3.96. The number of benzene rings is 1. The molecule has 1 aliphatic heterocycles. The number of hydrazine groups is 1. The van der Waals surface area contributed by atoms with Gasteiger partial charge in [0, 0.05) is 18.7 Å². The summed E-state index contributed by atoms with van der Waals surface area (Å²) >= 11 is 0. The maximum Gasteiger partial charge on any atom is 0.254 e. The number of nitrogens with two attached hydrogens (primary N) is 1. The van der Waals surface area contributed by atoms with E-state index in [2.05, 4.69) is 10.7 Å². The van der Waals surface area contributed by atoms with Crippen LogP contribution in [-0.4, -0.2) is 35.3 Å². The van der Waals surface area contributed by atoms with Gasteiger partial charge in [0.2, 0.25) is 5.91 Å². The van der Waals surface area contributed by atoms with Gasteiger partial charge in [0.1, 0.15) is 5.54 Å². The number of aryl methyl sites for hydroxylation is 1. The van der Waals surface area contributed by atoms with Crippen LogP contribution in [0.25, 0.3) is 0 Å². The SMILES string of the molecule is Cc1cc(C(=O)N2CCNC(=O)C2(C)C)ccc1NN. The van der Waals surface area contributed by atoms with Crippen LogP contribution in [0.3, 0.4) is 0 Å². The van der Waals surface area contributed by atoms with Crippen molar-refractivity contribution >= 4 is 17.5 Å². The summed E-state index contributed by atoms with van der Waals surface area (Å²) in [5.74, 6) is 5.11. The molecule has 6 heteroatoms. The summed E-state index contributed by atoms with van der Waals surface area (Å²) in [4.78, 5) is 26.1. The Morgan fingerprint density at radius 3 is 2.75 bits per heavy atom. The second kappa shape index (κ2) is 5.13. The lowest BCUT2D eigenvalue weighted by Crippen LogP contribution is -2.63. The molecule has 0 radical (unpaired) electrons. The fourth-order valence-electron chi connectivity index (χ4n) is 2.37. The van der Waals surface area contributed by atoms with Gasteiger partial charge in [0.25, 0.3) is 5.91 Å². The van der Waals surface area contributed by atoms with Crippen LogP contribution >= 0.6 is 0 Å². The number of rotatable bonds is 2. The Labute approximate surface area is 118 Å². The van der Waals surface area contributed by atoms with E-state index in [1.54, 1.807) is 36.9 Å². The highest BCUT2D eigenvalue weighted by Gasteiger charge is 2.40. The van der Waals surface area contributed by atoms with Crippen LogP contribution in [0, 0.1) is 6.92 Å². The second-order valence-corrected chi connectivity index (χ2v) is 5.45. The Hall–Kier alpha value is -2.08. The molecule has 1 heterocycles. The summed E-state index contributed by atoms with van der Waals surface area (Å²) in [7, 11) is 0. The number of nitrogen functional groups attached to an aromatic ring is 1. The molecular weight excluding hydrogens is 256 g/mol. The minimum Gasteiger partial charge on any atom is -0.352 e. The topological polar surface area (TPSA) is 87.5 Å². The smallest absolute Gasteiger partial charge is 0.254 e. The number of carbonyl (C=O) groups is 2. The molecule has 2 amide bonds. The molecule has 20 heavy (non-hydrogen) atoms. The van der Waals surface area contributed by atoms with Crippen molar-refractivity contribution in [1.29, 1.82) is 0 Å². The van der Waals surface area contributed by atoms with Gasteiger partial charge >= 0.3 is 0 Å². The molecule has 108 valence electrons. The van der Waals surface area contributed by atoms with Gasteiger partial charge in [-0.2, -0.15) is 0 Å². The maximum atomic E-state index is 12.6. The fraction of sp³-hybridized carbons (Fsp3) is 0.429. The Bertz CT molecular complexity index is 554. The number of nitrogens with zero attached hydrogens (tertiary/aromatic N) is 1. The van der Waals surface area contributed by atoms with Crippen LogP contribution < -0.4 is 16.6 Å². The van der Waals surface area contributed by atoms with E-state index in [1.807, 2.05) is 6.92 Å². The average Bonchev–Trinajstić information content (AvgIpc) is 2.41. The molecular formula is C14H20N4O2. The first-order valence-electron chi connectivity index (χ1n) is 6.55. The number of anilines is 1. The Balaban J connectivity index is 2.31. The van der Waals surface area contributed by atoms with E-state index in [0.717, 1.165) is 11.3 Å². The third-order valence-corrected chi connectivity index (χ3v) is 3.73. The molecule has 6 nitrogen and oxygen atoms in total. The number of hydrogen-bond donors (Lipinski definition) is 3. The van der Waals surface area contributed by atoms with E-state index >= 15 is 0 Å². The van der Waals surface area contributed by atoms with Crippen molar-refractivity contribution in [3.63, 3.8) is 0 Å². The summed E-state index contributed by atoms with van der Waals surface area (Å²) < 4.78 is 0. The molecule has 1 aliphatic rings. The normalized spacial score (nSPS) is 17.6. The summed E-state index contributed by atoms with van der Waals surface area (Å²) in [5, 5.41) is 2.78. The van der Waals surface area contributed by atoms with Gasteiger partial charge in [-0.1, -0.05) is 0 Å². The van der Waals surface area contributed by atoms with Crippen molar-refractivity contribution in [2.24, 2.45) is 5.84 Å². The molecule has 0 aliphatic carbocycles. The first-order chi connectivity index (χ1) is 9.37. The molecule has 1 fully saturated rings. The van der Waals surface area contributed by atoms with Crippen molar-refractivity contribution in [1.82, 2.24) is 10.2 Å². The van der Waals surface area contributed by atoms with Gasteiger partial charge in [-0.25, -0.2) is 0 Å². The highest BCUT2D eigenvalue weighted by Crippen LogP contribution is 2.22. The van der Waals surface area contributed by atoms with E-state index in [1.165, 1.54) is 0 Å². The second-order valence-electron chi connectivity index (χ2n) is 5.45. The summed E-state index contributed by atoms with van der Waals surface area (Å²) in [6.07, 6.45) is 0. The Kier molecular flexibility index (Phi) is 3.67. The van der Waals surface area contributed by atoms with Gasteiger partial charge in [-0.3, -0.25) is 15.4 Å². The van der Waals surface area contributed by atoms with Crippen LogP contribution in [0.1, 0.15) is 29.8 Å². The predicted octanol–water partition coefficient (Wildman–Crippen LogP) is 0.631. The quantitative estimate of drug-likeness (QED) is 0.546. The number of piperazine rings is 1. The number of carbonyl (C=O) groups excluding carboxylic acids is 2. The van der Waals surface area contributed by atoms with Crippen LogP contribution in [0.2, 0.25) is 0 Å². The summed E-state index contributed by atoms with van der Waals surface area (Å²) in [6, 6.07) is 5.26. The first-order valence-corrected chi connectivity index (χ1v) is 6.55. The Morgan fingerprint density at radius 1 is 1.45 bits per heavy atom. The monoisotopic (exact) mass is 276 g/mol. The molecule has 1 aromatic carbocycles. The maximum absolute atomic E-state index is 12.6. The minimum atomic E-state index is -0.839. The highest BCUT2D eigenvalue weighted by molar-refractivity contribution is 6.00. The van der Waals surface area contributed by atoms with Gasteiger partial charge < -0.3 is 15.6 Å². The van der Waals surface area contributed by atoms with E-state index in [9.17, 15) is 9.59 Å². The molecule has 0 unspecified atom stereocenters. The van der Waals surface area contributed by atoms with Gasteiger partial charge in [0.15, 0.2) is 0 Å². The van der Waals surface area contributed by atoms with Crippen molar-refractivity contribution in [3.8, 4) is 0 Å². The molecule has 1 saturated heterocycles. The van der Waals surface area contributed by atoms with Crippen molar-refractivity contribution in [2.45, 2.75) is 26.3 Å². The third-order valence-electron chi connectivity index (χ3n) is 3.73. The number of hydrogen-bond acceptors (Lipinski definition) is 4. The van der Waals surface area contributed by atoms with Gasteiger partial charge in [-0.15, -0.1) is 0 Å². The number of nitrogens with one attached hydrogen (secondary N) is 2. The van der Waals surface area contributed by atoms with Crippen LogP contribution in [0.4, 0.5) is 5.69 Å². The summed E-state index contributed by atoms with van der Waals surface area (Å²) in [6.45, 7) is 6.37. The molecule has 0 spiro atoms. The van der Waals surface area contributed by atoms with E-state index < -0.39 is 5.54 Å². The standard InChI is InChI=1S/C14H20N4O2/c1-9-8-10(4-5-11(9)17-15)12(19)18-7-6-16-13(20)14(18,2)3/h4-5,8,17H,6-7,15H2,1-3H3,(H,16,20). The third kappa shape index (κ3) is 2.34. The lowest BCUT2D eigenvalue weighted by molar-refractivity contribution is -0.133. The predicted molar refractivity (Wildman–Crippen MR) is 77.1 cm³/mol. The lowest BCUT2D eigenvalue weighted by atomic mass is 9.97. The molecule has 4 N–H and O–H groups in total. The van der Waals surface area contributed by atoms with E-state index in [0.29, 0.717) is 18.7 Å². The zero-order valence-electron chi connectivity index (χ0n) is 12.0. The van der Waals surface area contributed by atoms with Crippen molar-refractivity contribution < 1.29 is 9.59 Å². The highest BCUT2D eigenvalue weighted by atomic mass is 16.2. The Morgan fingerprint density at radius 2 is 2.15 bits per heavy atom. The van der Waals surface area contributed by atoms with Crippen LogP contribution in [0.5, 0.6) is 0 Å². The number of amides is 2. The van der Waals surface area contributed by atoms with E-state index in [-0.39, 0.29) is 11.8 Å². The molecule has 2 rings (SSSR count). The van der Waals surface area contributed by atoms with Gasteiger partial charge in [-0.05, 0) is 44.5 Å².